The van der Waals surface area contributed by atoms with Gasteiger partial charge in [0.05, 0.1) is 13.2 Å². The van der Waals surface area contributed by atoms with E-state index in [1.807, 2.05) is 12.1 Å². The third-order valence-corrected chi connectivity index (χ3v) is 6.48. The SMILES string of the molecule is C/C(=C/Cc1c(O)cc(CCc2ccccc2)cc1OC1CCCCO1)COC1CCCCO1. The highest BCUT2D eigenvalue weighted by Crippen LogP contribution is 2.33. The van der Waals surface area contributed by atoms with E-state index < -0.39 is 0 Å². The molecule has 2 aliphatic rings. The minimum absolute atomic E-state index is 0.100. The average molecular weight is 467 g/mol. The molecule has 2 atom stereocenters. The lowest BCUT2D eigenvalue weighted by atomic mass is 10.00. The number of phenolic OH excluding ortho intramolecular Hbond substituents is 1. The van der Waals surface area contributed by atoms with Crippen LogP contribution in [0.3, 0.4) is 0 Å². The van der Waals surface area contributed by atoms with Gasteiger partial charge in [-0.15, -0.1) is 0 Å². The van der Waals surface area contributed by atoms with Crippen LogP contribution in [-0.4, -0.2) is 37.5 Å². The minimum Gasteiger partial charge on any atom is -0.508 e. The molecular weight excluding hydrogens is 428 g/mol. The Kier molecular flexibility index (Phi) is 9.43. The first-order chi connectivity index (χ1) is 16.7. The standard InChI is InChI=1S/C29H38O5/c1-22(21-33-28-11-5-7-17-31-28)13-16-25-26(30)19-24(15-14-23-9-3-2-4-10-23)20-27(25)34-29-12-6-8-18-32-29/h2-4,9-10,13,19-20,28-30H,5-8,11-12,14-18,21H2,1H3/b22-13-. The Labute approximate surface area is 203 Å². The van der Waals surface area contributed by atoms with Crippen LogP contribution in [0.4, 0.5) is 0 Å². The molecule has 2 aromatic carbocycles. The number of aromatic hydroxyl groups is 1. The van der Waals surface area contributed by atoms with Crippen molar-refractivity contribution in [3.8, 4) is 11.5 Å². The Balaban J connectivity index is 1.44. The Morgan fingerprint density at radius 3 is 2.35 bits per heavy atom. The largest absolute Gasteiger partial charge is 0.508 e. The van der Waals surface area contributed by atoms with E-state index in [9.17, 15) is 5.11 Å². The fraction of sp³-hybridized carbons (Fsp3) is 0.517. The van der Waals surface area contributed by atoms with Gasteiger partial charge in [0.1, 0.15) is 11.5 Å². The first-order valence-electron chi connectivity index (χ1n) is 12.7. The van der Waals surface area contributed by atoms with Crippen molar-refractivity contribution in [1.82, 2.24) is 0 Å². The van der Waals surface area contributed by atoms with Gasteiger partial charge in [-0.2, -0.15) is 0 Å². The van der Waals surface area contributed by atoms with Gasteiger partial charge in [-0.25, -0.2) is 0 Å². The average Bonchev–Trinajstić information content (AvgIpc) is 2.87. The number of benzene rings is 2. The Morgan fingerprint density at radius 1 is 0.941 bits per heavy atom. The van der Waals surface area contributed by atoms with Crippen LogP contribution in [0.25, 0.3) is 0 Å². The van der Waals surface area contributed by atoms with Gasteiger partial charge in [-0.3, -0.25) is 0 Å². The lowest BCUT2D eigenvalue weighted by molar-refractivity contribution is -0.156. The van der Waals surface area contributed by atoms with E-state index in [0.29, 0.717) is 13.0 Å². The number of aryl methyl sites for hydroxylation is 2. The van der Waals surface area contributed by atoms with Gasteiger partial charge < -0.3 is 24.1 Å². The maximum Gasteiger partial charge on any atom is 0.199 e. The highest BCUT2D eigenvalue weighted by atomic mass is 16.7. The molecule has 0 saturated carbocycles. The first-order valence-corrected chi connectivity index (χ1v) is 12.7. The molecule has 0 radical (unpaired) electrons. The van der Waals surface area contributed by atoms with Crippen LogP contribution in [0, 0.1) is 0 Å². The fourth-order valence-electron chi connectivity index (χ4n) is 4.42. The van der Waals surface area contributed by atoms with Gasteiger partial charge >= 0.3 is 0 Å². The summed E-state index contributed by atoms with van der Waals surface area (Å²) in [7, 11) is 0. The van der Waals surface area contributed by atoms with Crippen molar-refractivity contribution in [2.45, 2.75) is 77.3 Å². The van der Waals surface area contributed by atoms with E-state index >= 15 is 0 Å². The second-order valence-electron chi connectivity index (χ2n) is 9.35. The fourth-order valence-corrected chi connectivity index (χ4v) is 4.42. The van der Waals surface area contributed by atoms with Crippen LogP contribution in [0.1, 0.15) is 62.1 Å². The maximum atomic E-state index is 10.9. The summed E-state index contributed by atoms with van der Waals surface area (Å²) in [6, 6.07) is 14.4. The van der Waals surface area contributed by atoms with E-state index in [1.165, 1.54) is 5.56 Å². The summed E-state index contributed by atoms with van der Waals surface area (Å²) in [6.45, 7) is 4.09. The van der Waals surface area contributed by atoms with Crippen molar-refractivity contribution in [2.24, 2.45) is 0 Å². The molecule has 34 heavy (non-hydrogen) atoms. The van der Waals surface area contributed by atoms with Gasteiger partial charge in [0.2, 0.25) is 0 Å². The first kappa shape index (κ1) is 24.8. The number of hydrogen-bond donors (Lipinski definition) is 1. The van der Waals surface area contributed by atoms with E-state index in [1.54, 1.807) is 0 Å². The molecule has 2 aromatic rings. The number of rotatable bonds is 10. The molecule has 2 unspecified atom stereocenters. The summed E-state index contributed by atoms with van der Waals surface area (Å²) in [5.41, 5.74) is 4.26. The molecule has 0 aromatic heterocycles. The monoisotopic (exact) mass is 466 g/mol. The van der Waals surface area contributed by atoms with Crippen LogP contribution in [0.15, 0.2) is 54.1 Å². The number of phenols is 1. The van der Waals surface area contributed by atoms with Crippen LogP contribution in [0.2, 0.25) is 0 Å². The van der Waals surface area contributed by atoms with Crippen molar-refractivity contribution in [2.75, 3.05) is 19.8 Å². The summed E-state index contributed by atoms with van der Waals surface area (Å²) in [5, 5.41) is 10.9. The normalized spacial score (nSPS) is 21.4. The third kappa shape index (κ3) is 7.59. The highest BCUT2D eigenvalue weighted by Gasteiger charge is 2.19. The molecule has 184 valence electrons. The third-order valence-electron chi connectivity index (χ3n) is 6.48. The number of allylic oxidation sites excluding steroid dienone is 1. The quantitative estimate of drug-likeness (QED) is 0.428. The molecule has 5 nitrogen and oxygen atoms in total. The smallest absolute Gasteiger partial charge is 0.199 e. The Morgan fingerprint density at radius 2 is 1.65 bits per heavy atom. The summed E-state index contributed by atoms with van der Waals surface area (Å²) in [5.74, 6) is 0.993. The number of hydrogen-bond acceptors (Lipinski definition) is 5. The lowest BCUT2D eigenvalue weighted by Crippen LogP contribution is -2.25. The molecule has 1 N–H and O–H groups in total. The number of ether oxygens (including phenoxy) is 4. The van der Waals surface area contributed by atoms with Crippen molar-refractivity contribution >= 4 is 0 Å². The van der Waals surface area contributed by atoms with E-state index in [4.69, 9.17) is 18.9 Å². The van der Waals surface area contributed by atoms with Crippen LogP contribution < -0.4 is 4.74 Å². The molecule has 4 rings (SSSR count). The summed E-state index contributed by atoms with van der Waals surface area (Å²) >= 11 is 0. The van der Waals surface area contributed by atoms with E-state index in [0.717, 1.165) is 87.0 Å². The Bertz CT molecular complexity index is 912. The van der Waals surface area contributed by atoms with Gasteiger partial charge in [-0.1, -0.05) is 42.0 Å². The van der Waals surface area contributed by atoms with Gasteiger partial charge in [-0.05, 0) is 81.5 Å². The topological polar surface area (TPSA) is 57.2 Å². The summed E-state index contributed by atoms with van der Waals surface area (Å²) < 4.78 is 23.7. The molecule has 5 heteroatoms. The molecule has 0 aliphatic carbocycles. The maximum absolute atomic E-state index is 10.9. The van der Waals surface area contributed by atoms with Crippen LogP contribution in [0.5, 0.6) is 11.5 Å². The second-order valence-corrected chi connectivity index (χ2v) is 9.35. The van der Waals surface area contributed by atoms with E-state index in [2.05, 4.69) is 43.3 Å². The summed E-state index contributed by atoms with van der Waals surface area (Å²) in [4.78, 5) is 0. The molecule has 2 aliphatic heterocycles. The summed E-state index contributed by atoms with van der Waals surface area (Å²) in [6.07, 6.45) is 10.3. The second kappa shape index (κ2) is 12.9. The van der Waals surface area contributed by atoms with Crippen molar-refractivity contribution in [3.63, 3.8) is 0 Å². The molecule has 0 spiro atoms. The molecule has 0 bridgehead atoms. The van der Waals surface area contributed by atoms with E-state index in [-0.39, 0.29) is 18.3 Å². The van der Waals surface area contributed by atoms with Crippen molar-refractivity contribution in [1.29, 1.82) is 0 Å². The molecular formula is C29H38O5. The predicted octanol–water partition coefficient (Wildman–Crippen LogP) is 6.11. The molecule has 0 amide bonds. The lowest BCUT2D eigenvalue weighted by Gasteiger charge is -2.25. The predicted molar refractivity (Wildman–Crippen MR) is 133 cm³/mol. The highest BCUT2D eigenvalue weighted by molar-refractivity contribution is 5.49. The van der Waals surface area contributed by atoms with Crippen molar-refractivity contribution < 1.29 is 24.1 Å². The van der Waals surface area contributed by atoms with Gasteiger partial charge in [0.15, 0.2) is 12.6 Å². The van der Waals surface area contributed by atoms with Gasteiger partial charge in [0, 0.05) is 18.6 Å². The molecule has 2 fully saturated rings. The van der Waals surface area contributed by atoms with Crippen LogP contribution in [-0.2, 0) is 33.5 Å². The van der Waals surface area contributed by atoms with Crippen molar-refractivity contribution in [3.05, 3.63) is 70.8 Å². The zero-order chi connectivity index (χ0) is 23.6. The zero-order valence-corrected chi connectivity index (χ0v) is 20.3. The Hall–Kier alpha value is -2.34. The molecule has 2 saturated heterocycles. The van der Waals surface area contributed by atoms with Gasteiger partial charge in [0.25, 0.3) is 0 Å². The van der Waals surface area contributed by atoms with Crippen LogP contribution >= 0.6 is 0 Å². The minimum atomic E-state index is -0.256. The molecule has 2 heterocycles. The zero-order valence-electron chi connectivity index (χ0n) is 20.3.